The maximum Gasteiger partial charge on any atom is 0.191 e. The van der Waals surface area contributed by atoms with Gasteiger partial charge in [-0.2, -0.15) is 0 Å². The monoisotopic (exact) mass is 440 g/mol. The summed E-state index contributed by atoms with van der Waals surface area (Å²) in [6.07, 6.45) is 2.27. The number of aryl methyl sites for hydroxylation is 1. The van der Waals surface area contributed by atoms with Gasteiger partial charge in [0.2, 0.25) is 0 Å². The predicted octanol–water partition coefficient (Wildman–Crippen LogP) is 3.10. The van der Waals surface area contributed by atoms with Crippen molar-refractivity contribution in [2.45, 2.75) is 39.3 Å². The Kier molecular flexibility index (Phi) is 9.04. The molecule has 1 atom stereocenters. The van der Waals surface area contributed by atoms with Crippen LogP contribution in [0.1, 0.15) is 30.9 Å². The largest absolute Gasteiger partial charge is 0.493 e. The Balaban J connectivity index is 1.63. The highest BCUT2D eigenvalue weighted by atomic mass is 16.5. The van der Waals surface area contributed by atoms with Crippen molar-refractivity contribution in [3.8, 4) is 11.5 Å². The lowest BCUT2D eigenvalue weighted by Gasteiger charge is -2.35. The first-order valence-corrected chi connectivity index (χ1v) is 11.4. The fourth-order valence-corrected chi connectivity index (χ4v) is 3.85. The maximum absolute atomic E-state index is 8.97. The first kappa shape index (κ1) is 23.7. The molecule has 7 heteroatoms. The van der Waals surface area contributed by atoms with Gasteiger partial charge < -0.3 is 30.1 Å². The van der Waals surface area contributed by atoms with E-state index in [1.54, 1.807) is 7.11 Å². The number of anilines is 1. The SMILES string of the molecule is CCNC(=NCc1ccc(OCCO)c(OC)c1)NC1CCCN(c2ccc(C)cc2)C1. The Morgan fingerprint density at radius 1 is 1.19 bits per heavy atom. The second-order valence-corrected chi connectivity index (χ2v) is 8.02. The van der Waals surface area contributed by atoms with Crippen LogP contribution in [0, 0.1) is 6.92 Å². The van der Waals surface area contributed by atoms with Crippen molar-refractivity contribution in [1.29, 1.82) is 0 Å². The minimum absolute atomic E-state index is 0.0323. The smallest absolute Gasteiger partial charge is 0.191 e. The van der Waals surface area contributed by atoms with Gasteiger partial charge in [-0.15, -0.1) is 0 Å². The van der Waals surface area contributed by atoms with Crippen molar-refractivity contribution in [1.82, 2.24) is 10.6 Å². The molecule has 0 spiro atoms. The van der Waals surface area contributed by atoms with Crippen LogP contribution in [0.5, 0.6) is 11.5 Å². The molecule has 1 heterocycles. The lowest BCUT2D eigenvalue weighted by molar-refractivity contribution is 0.196. The van der Waals surface area contributed by atoms with Gasteiger partial charge >= 0.3 is 0 Å². The summed E-state index contributed by atoms with van der Waals surface area (Å²) in [4.78, 5) is 7.24. The van der Waals surface area contributed by atoms with Gasteiger partial charge in [0, 0.05) is 31.4 Å². The van der Waals surface area contributed by atoms with Crippen molar-refractivity contribution in [3.05, 3.63) is 53.6 Å². The summed E-state index contributed by atoms with van der Waals surface area (Å²) in [5.41, 5.74) is 3.59. The molecule has 0 saturated carbocycles. The second kappa shape index (κ2) is 12.2. The first-order valence-electron chi connectivity index (χ1n) is 11.4. The third-order valence-electron chi connectivity index (χ3n) is 5.50. The molecule has 0 amide bonds. The fourth-order valence-electron chi connectivity index (χ4n) is 3.85. The molecule has 1 fully saturated rings. The van der Waals surface area contributed by atoms with E-state index in [1.165, 1.54) is 11.3 Å². The molecular weight excluding hydrogens is 404 g/mol. The first-order chi connectivity index (χ1) is 15.6. The fraction of sp³-hybridized carbons (Fsp3) is 0.480. The minimum Gasteiger partial charge on any atom is -0.493 e. The third-order valence-corrected chi connectivity index (χ3v) is 5.50. The van der Waals surface area contributed by atoms with E-state index in [4.69, 9.17) is 19.6 Å². The summed E-state index contributed by atoms with van der Waals surface area (Å²) in [5, 5.41) is 16.0. The average Bonchev–Trinajstić information content (AvgIpc) is 2.82. The average molecular weight is 441 g/mol. The molecular formula is C25H36N4O3. The highest BCUT2D eigenvalue weighted by Gasteiger charge is 2.21. The van der Waals surface area contributed by atoms with Gasteiger partial charge in [0.1, 0.15) is 6.61 Å². The maximum atomic E-state index is 8.97. The number of hydrogen-bond acceptors (Lipinski definition) is 5. The summed E-state index contributed by atoms with van der Waals surface area (Å²) < 4.78 is 10.9. The van der Waals surface area contributed by atoms with E-state index >= 15 is 0 Å². The normalized spacial score (nSPS) is 16.6. The van der Waals surface area contributed by atoms with Gasteiger partial charge in [-0.05, 0) is 56.5 Å². The summed E-state index contributed by atoms with van der Waals surface area (Å²) in [5.74, 6) is 2.09. The molecule has 0 radical (unpaired) electrons. The molecule has 174 valence electrons. The van der Waals surface area contributed by atoms with Crippen molar-refractivity contribution in [2.24, 2.45) is 4.99 Å². The summed E-state index contributed by atoms with van der Waals surface area (Å²) >= 11 is 0. The summed E-state index contributed by atoms with van der Waals surface area (Å²) in [6, 6.07) is 14.9. The zero-order valence-electron chi connectivity index (χ0n) is 19.4. The molecule has 1 aliphatic heterocycles. The molecule has 1 unspecified atom stereocenters. The highest BCUT2D eigenvalue weighted by molar-refractivity contribution is 5.80. The van der Waals surface area contributed by atoms with E-state index in [9.17, 15) is 0 Å². The number of aliphatic hydroxyl groups is 1. The predicted molar refractivity (Wildman–Crippen MR) is 130 cm³/mol. The number of nitrogens with one attached hydrogen (secondary N) is 2. The molecule has 3 N–H and O–H groups in total. The molecule has 7 nitrogen and oxygen atoms in total. The molecule has 0 aliphatic carbocycles. The lowest BCUT2D eigenvalue weighted by atomic mass is 10.0. The number of aliphatic hydroxyl groups excluding tert-OH is 1. The number of methoxy groups -OCH3 is 1. The van der Waals surface area contributed by atoms with Crippen molar-refractivity contribution < 1.29 is 14.6 Å². The van der Waals surface area contributed by atoms with E-state index in [-0.39, 0.29) is 13.2 Å². The van der Waals surface area contributed by atoms with Crippen LogP contribution in [0.2, 0.25) is 0 Å². The van der Waals surface area contributed by atoms with Crippen LogP contribution in [0.3, 0.4) is 0 Å². The molecule has 0 bridgehead atoms. The standard InChI is InChI=1S/C25H36N4O3/c1-4-26-25(27-17-20-9-12-23(32-15-14-30)24(16-20)31-3)28-21-6-5-13-29(18-21)22-10-7-19(2)8-11-22/h7-12,16,21,30H,4-6,13-15,17-18H2,1-3H3,(H2,26,27,28). The van der Waals surface area contributed by atoms with Gasteiger partial charge in [-0.1, -0.05) is 23.8 Å². The Morgan fingerprint density at radius 2 is 2.00 bits per heavy atom. The Hall–Kier alpha value is -2.93. The minimum atomic E-state index is -0.0323. The van der Waals surface area contributed by atoms with E-state index in [0.717, 1.165) is 44.0 Å². The topological polar surface area (TPSA) is 78.4 Å². The zero-order chi connectivity index (χ0) is 22.8. The van der Waals surface area contributed by atoms with Crippen LogP contribution in [0.15, 0.2) is 47.5 Å². The molecule has 32 heavy (non-hydrogen) atoms. The molecule has 2 aromatic rings. The number of piperidine rings is 1. The number of hydrogen-bond donors (Lipinski definition) is 3. The van der Waals surface area contributed by atoms with Crippen LogP contribution in [-0.2, 0) is 6.54 Å². The number of ether oxygens (including phenoxy) is 2. The summed E-state index contributed by atoms with van der Waals surface area (Å²) in [7, 11) is 1.61. The quantitative estimate of drug-likeness (QED) is 0.411. The number of guanidine groups is 1. The van der Waals surface area contributed by atoms with Gasteiger partial charge in [0.15, 0.2) is 17.5 Å². The second-order valence-electron chi connectivity index (χ2n) is 8.02. The van der Waals surface area contributed by atoms with Gasteiger partial charge in [-0.25, -0.2) is 4.99 Å². The van der Waals surface area contributed by atoms with E-state index in [2.05, 4.69) is 53.6 Å². The Bertz CT molecular complexity index is 870. The number of aliphatic imine (C=N–C) groups is 1. The molecule has 0 aromatic heterocycles. The van der Waals surface area contributed by atoms with E-state index < -0.39 is 0 Å². The molecule has 2 aromatic carbocycles. The molecule has 1 saturated heterocycles. The number of rotatable bonds is 9. The van der Waals surface area contributed by atoms with Gasteiger partial charge in [-0.3, -0.25) is 0 Å². The van der Waals surface area contributed by atoms with Crippen LogP contribution in [0.25, 0.3) is 0 Å². The van der Waals surface area contributed by atoms with Crippen LogP contribution in [0.4, 0.5) is 5.69 Å². The highest BCUT2D eigenvalue weighted by Crippen LogP contribution is 2.28. The zero-order valence-corrected chi connectivity index (χ0v) is 19.4. The van der Waals surface area contributed by atoms with Crippen molar-refractivity contribution in [2.75, 3.05) is 44.9 Å². The van der Waals surface area contributed by atoms with Crippen LogP contribution in [-0.4, -0.2) is 57.1 Å². The summed E-state index contributed by atoms with van der Waals surface area (Å²) in [6.45, 7) is 7.77. The number of nitrogens with zero attached hydrogens (tertiary/aromatic N) is 2. The van der Waals surface area contributed by atoms with Gasteiger partial charge in [0.25, 0.3) is 0 Å². The van der Waals surface area contributed by atoms with Crippen LogP contribution >= 0.6 is 0 Å². The van der Waals surface area contributed by atoms with Gasteiger partial charge in [0.05, 0.1) is 20.3 Å². The Labute approximate surface area is 191 Å². The molecule has 1 aliphatic rings. The van der Waals surface area contributed by atoms with E-state index in [0.29, 0.717) is 24.1 Å². The van der Waals surface area contributed by atoms with Crippen molar-refractivity contribution >= 4 is 11.6 Å². The number of benzene rings is 2. The third kappa shape index (κ3) is 6.79. The Morgan fingerprint density at radius 3 is 2.72 bits per heavy atom. The van der Waals surface area contributed by atoms with Crippen molar-refractivity contribution in [3.63, 3.8) is 0 Å². The molecule has 3 rings (SSSR count). The lowest BCUT2D eigenvalue weighted by Crippen LogP contribution is -2.51. The van der Waals surface area contributed by atoms with E-state index in [1.807, 2.05) is 18.2 Å². The van der Waals surface area contributed by atoms with Crippen LogP contribution < -0.4 is 25.0 Å².